The molecule has 0 bridgehead atoms. The molecule has 0 amide bonds. The molecule has 1 N–H and O–H groups in total. The van der Waals surface area contributed by atoms with Gasteiger partial charge in [0.1, 0.15) is 9.84 Å². The van der Waals surface area contributed by atoms with Crippen LogP contribution in [0.1, 0.15) is 19.8 Å². The Morgan fingerprint density at radius 1 is 1.24 bits per heavy atom. The Hall–Kier alpha value is -0.180. The van der Waals surface area contributed by atoms with Crippen molar-refractivity contribution < 1.29 is 21.9 Å². The molecule has 0 aromatic rings. The summed E-state index contributed by atoms with van der Waals surface area (Å²) in [5.74, 6) is -0.109. The fourth-order valence-corrected chi connectivity index (χ4v) is 6.23. The summed E-state index contributed by atoms with van der Waals surface area (Å²) in [5.41, 5.74) is -0.937. The van der Waals surface area contributed by atoms with Crippen molar-refractivity contribution in [2.24, 2.45) is 0 Å². The number of sulfone groups is 1. The predicted molar refractivity (Wildman–Crippen MR) is 62.8 cm³/mol. The Balaban J connectivity index is 2.04. The first-order valence-corrected chi connectivity index (χ1v) is 8.87. The average Bonchev–Trinajstić information content (AvgIpc) is 2.13. The van der Waals surface area contributed by atoms with Gasteiger partial charge in [-0.2, -0.15) is 4.31 Å². The fraction of sp³-hybridized carbons (Fsp3) is 1.00. The van der Waals surface area contributed by atoms with Gasteiger partial charge in [0.15, 0.2) is 0 Å². The van der Waals surface area contributed by atoms with Crippen LogP contribution in [-0.4, -0.2) is 61.7 Å². The van der Waals surface area contributed by atoms with Crippen molar-refractivity contribution in [2.75, 3.05) is 24.6 Å². The largest absolute Gasteiger partial charge is 0.387 e. The molecule has 2 aliphatic rings. The summed E-state index contributed by atoms with van der Waals surface area (Å²) in [5, 5.41) is 8.92. The Morgan fingerprint density at radius 3 is 2.12 bits per heavy atom. The van der Waals surface area contributed by atoms with Gasteiger partial charge in [0.25, 0.3) is 0 Å². The number of hydrogen-bond acceptors (Lipinski definition) is 5. The van der Waals surface area contributed by atoms with E-state index in [0.29, 0.717) is 0 Å². The molecule has 0 radical (unpaired) electrons. The third kappa shape index (κ3) is 2.64. The number of rotatable bonds is 2. The standard InChI is InChI=1S/C9H17NO5S2/c1-9(11)6-10(7-9)17(14,15)8-2-4-16(12,13)5-3-8/h8,11H,2-7H2,1H3. The van der Waals surface area contributed by atoms with Crippen LogP contribution in [0.3, 0.4) is 0 Å². The van der Waals surface area contributed by atoms with Crippen molar-refractivity contribution in [3.63, 3.8) is 0 Å². The van der Waals surface area contributed by atoms with Crippen molar-refractivity contribution in [1.29, 1.82) is 0 Å². The van der Waals surface area contributed by atoms with Crippen molar-refractivity contribution in [3.05, 3.63) is 0 Å². The SMILES string of the molecule is CC1(O)CN(S(=O)(=O)C2CCS(=O)(=O)CC2)C1. The van der Waals surface area contributed by atoms with E-state index in [4.69, 9.17) is 0 Å². The summed E-state index contributed by atoms with van der Waals surface area (Å²) in [6, 6.07) is 0. The number of β-amino-alcohol motifs (C(OH)–C–C–N with tert-alkyl or cyclic N) is 1. The predicted octanol–water partition coefficient (Wildman–Crippen LogP) is -1.04. The van der Waals surface area contributed by atoms with E-state index < -0.39 is 30.7 Å². The summed E-state index contributed by atoms with van der Waals surface area (Å²) >= 11 is 0. The molecular formula is C9H17NO5S2. The summed E-state index contributed by atoms with van der Waals surface area (Å²) in [6.45, 7) is 1.81. The molecule has 2 fully saturated rings. The Labute approximate surface area is 102 Å². The molecular weight excluding hydrogens is 266 g/mol. The highest BCUT2D eigenvalue weighted by atomic mass is 32.2. The number of hydrogen-bond donors (Lipinski definition) is 1. The molecule has 0 spiro atoms. The van der Waals surface area contributed by atoms with Crippen molar-refractivity contribution in [2.45, 2.75) is 30.6 Å². The Kier molecular flexibility index (Phi) is 3.05. The van der Waals surface area contributed by atoms with E-state index >= 15 is 0 Å². The molecule has 100 valence electrons. The zero-order valence-electron chi connectivity index (χ0n) is 9.66. The van der Waals surface area contributed by atoms with Gasteiger partial charge in [0, 0.05) is 13.1 Å². The van der Waals surface area contributed by atoms with Gasteiger partial charge >= 0.3 is 0 Å². The van der Waals surface area contributed by atoms with E-state index in [9.17, 15) is 21.9 Å². The molecule has 8 heteroatoms. The number of sulfonamides is 1. The van der Waals surface area contributed by atoms with E-state index in [0.717, 1.165) is 0 Å². The highest BCUT2D eigenvalue weighted by Gasteiger charge is 2.47. The van der Waals surface area contributed by atoms with Gasteiger partial charge in [0.05, 0.1) is 22.4 Å². The molecule has 2 saturated heterocycles. The van der Waals surface area contributed by atoms with E-state index in [-0.39, 0.29) is 37.4 Å². The van der Waals surface area contributed by atoms with E-state index in [1.54, 1.807) is 6.92 Å². The lowest BCUT2D eigenvalue weighted by Crippen LogP contribution is -2.63. The Morgan fingerprint density at radius 2 is 1.71 bits per heavy atom. The molecule has 17 heavy (non-hydrogen) atoms. The third-order valence-corrected chi connectivity index (χ3v) is 7.32. The van der Waals surface area contributed by atoms with Gasteiger partial charge in [0.2, 0.25) is 10.0 Å². The van der Waals surface area contributed by atoms with Crippen LogP contribution in [-0.2, 0) is 19.9 Å². The first-order chi connectivity index (χ1) is 7.62. The highest BCUT2D eigenvalue weighted by Crippen LogP contribution is 2.29. The summed E-state index contributed by atoms with van der Waals surface area (Å²) in [6.07, 6.45) is 0.340. The minimum atomic E-state index is -3.44. The first kappa shape index (κ1) is 13.3. The lowest BCUT2D eigenvalue weighted by molar-refractivity contribution is -0.0430. The van der Waals surface area contributed by atoms with Gasteiger partial charge in [-0.25, -0.2) is 16.8 Å². The molecule has 0 aromatic heterocycles. The maximum Gasteiger partial charge on any atom is 0.217 e. The van der Waals surface area contributed by atoms with E-state index in [2.05, 4.69) is 0 Å². The third-order valence-electron chi connectivity index (χ3n) is 3.32. The second kappa shape index (κ2) is 3.91. The molecule has 2 aliphatic heterocycles. The molecule has 2 heterocycles. The average molecular weight is 283 g/mol. The van der Waals surface area contributed by atoms with Crippen molar-refractivity contribution in [1.82, 2.24) is 4.31 Å². The second-order valence-corrected chi connectivity index (χ2v) is 9.68. The summed E-state index contributed by atoms with van der Waals surface area (Å²) in [7, 11) is -6.48. The number of nitrogens with zero attached hydrogens (tertiary/aromatic N) is 1. The zero-order valence-corrected chi connectivity index (χ0v) is 11.3. The van der Waals surface area contributed by atoms with E-state index in [1.165, 1.54) is 4.31 Å². The van der Waals surface area contributed by atoms with Crippen LogP contribution in [0.15, 0.2) is 0 Å². The smallest absolute Gasteiger partial charge is 0.217 e. The van der Waals surface area contributed by atoms with Crippen molar-refractivity contribution >= 4 is 19.9 Å². The summed E-state index contributed by atoms with van der Waals surface area (Å²) < 4.78 is 47.9. The monoisotopic (exact) mass is 283 g/mol. The molecule has 0 aliphatic carbocycles. The molecule has 0 saturated carbocycles. The lowest BCUT2D eigenvalue weighted by Gasteiger charge is -2.44. The van der Waals surface area contributed by atoms with Gasteiger partial charge in [-0.15, -0.1) is 0 Å². The van der Waals surface area contributed by atoms with Crippen molar-refractivity contribution in [3.8, 4) is 0 Å². The van der Waals surface area contributed by atoms with Gasteiger partial charge < -0.3 is 5.11 Å². The topological polar surface area (TPSA) is 91.8 Å². The van der Waals surface area contributed by atoms with Crippen LogP contribution in [0.25, 0.3) is 0 Å². The molecule has 0 aromatic carbocycles. The second-order valence-electron chi connectivity index (χ2n) is 5.16. The van der Waals surface area contributed by atoms with Gasteiger partial charge in [-0.1, -0.05) is 0 Å². The maximum atomic E-state index is 12.1. The molecule has 2 rings (SSSR count). The number of aliphatic hydroxyl groups is 1. The fourth-order valence-electron chi connectivity index (χ4n) is 2.27. The van der Waals surface area contributed by atoms with Crippen LogP contribution >= 0.6 is 0 Å². The normalized spacial score (nSPS) is 29.8. The quantitative estimate of drug-likeness (QED) is 0.699. The zero-order chi connectivity index (χ0) is 12.9. The van der Waals surface area contributed by atoms with E-state index in [1.807, 2.05) is 0 Å². The molecule has 0 unspecified atom stereocenters. The molecule has 0 atom stereocenters. The van der Waals surface area contributed by atoms with Crippen LogP contribution in [0.5, 0.6) is 0 Å². The highest BCUT2D eigenvalue weighted by molar-refractivity contribution is 7.92. The Bertz CT molecular complexity index is 486. The molecule has 6 nitrogen and oxygen atoms in total. The lowest BCUT2D eigenvalue weighted by atomic mass is 10.0. The van der Waals surface area contributed by atoms with Crippen LogP contribution in [0.4, 0.5) is 0 Å². The van der Waals surface area contributed by atoms with Crippen LogP contribution < -0.4 is 0 Å². The van der Waals surface area contributed by atoms with Gasteiger partial charge in [-0.3, -0.25) is 0 Å². The maximum absolute atomic E-state index is 12.1. The van der Waals surface area contributed by atoms with Crippen LogP contribution in [0, 0.1) is 0 Å². The minimum Gasteiger partial charge on any atom is -0.387 e. The van der Waals surface area contributed by atoms with Crippen LogP contribution in [0.2, 0.25) is 0 Å². The minimum absolute atomic E-state index is 0.0544. The first-order valence-electron chi connectivity index (χ1n) is 5.54. The van der Waals surface area contributed by atoms with Gasteiger partial charge in [-0.05, 0) is 19.8 Å². The summed E-state index contributed by atoms with van der Waals surface area (Å²) in [4.78, 5) is 0.